The molecule has 0 heterocycles. The van der Waals surface area contributed by atoms with Gasteiger partial charge in [-0.2, -0.15) is 0 Å². The SMILES string of the molecule is C[C](c1ccccc1)=[Zr]([C]1=CC(C(C)(C)C)=CC1)[CH]1c2ccc(C(C)(C)C)cc2-c2cc(C(C)(C)C)ccc21. The Morgan fingerprint density at radius 3 is 1.62 bits per heavy atom. The fourth-order valence-electron chi connectivity index (χ4n) is 6.22. The third kappa shape index (κ3) is 5.46. The molecule has 0 nitrogen and oxygen atoms in total. The summed E-state index contributed by atoms with van der Waals surface area (Å²) in [5.74, 6) is 0. The van der Waals surface area contributed by atoms with Gasteiger partial charge in [-0.3, -0.25) is 0 Å². The Hall–Kier alpha value is -2.11. The molecule has 3 aromatic rings. The van der Waals surface area contributed by atoms with Crippen LogP contribution in [0.1, 0.15) is 107 Å². The molecule has 39 heavy (non-hydrogen) atoms. The summed E-state index contributed by atoms with van der Waals surface area (Å²) >= 11 is -2.44. The molecule has 0 fully saturated rings. The first-order chi connectivity index (χ1) is 18.2. The van der Waals surface area contributed by atoms with Gasteiger partial charge in [-0.15, -0.1) is 0 Å². The van der Waals surface area contributed by atoms with Crippen LogP contribution in [-0.2, 0) is 32.1 Å². The quantitative estimate of drug-likeness (QED) is 0.283. The summed E-state index contributed by atoms with van der Waals surface area (Å²) in [5, 5.41) is 0. The van der Waals surface area contributed by atoms with Gasteiger partial charge in [-0.05, 0) is 0 Å². The Balaban J connectivity index is 1.80. The van der Waals surface area contributed by atoms with Crippen molar-refractivity contribution in [1.82, 2.24) is 0 Å². The third-order valence-corrected chi connectivity index (χ3v) is 16.9. The zero-order chi connectivity index (χ0) is 28.3. The molecule has 0 saturated heterocycles. The van der Waals surface area contributed by atoms with E-state index in [2.05, 4.69) is 148 Å². The van der Waals surface area contributed by atoms with E-state index in [4.69, 9.17) is 0 Å². The average Bonchev–Trinajstić information content (AvgIpc) is 3.47. The molecule has 5 rings (SSSR count). The van der Waals surface area contributed by atoms with E-state index in [9.17, 15) is 0 Å². The summed E-state index contributed by atoms with van der Waals surface area (Å²) in [6, 6.07) is 26.2. The van der Waals surface area contributed by atoms with Crippen molar-refractivity contribution < 1.29 is 21.3 Å². The van der Waals surface area contributed by atoms with Gasteiger partial charge in [-0.1, -0.05) is 0 Å². The molecule has 202 valence electrons. The molecular weight excluding hydrogens is 548 g/mol. The molecule has 0 unspecified atom stereocenters. The van der Waals surface area contributed by atoms with Crippen LogP contribution in [0.3, 0.4) is 0 Å². The van der Waals surface area contributed by atoms with Crippen molar-refractivity contribution in [2.45, 2.75) is 90.1 Å². The number of rotatable bonds is 3. The Labute approximate surface area is 245 Å². The molecule has 0 radical (unpaired) electrons. The third-order valence-electron chi connectivity index (χ3n) is 8.73. The summed E-state index contributed by atoms with van der Waals surface area (Å²) in [7, 11) is 0. The fraction of sp³-hybridized carbons (Fsp3) is 0.395. The predicted molar refractivity (Wildman–Crippen MR) is 168 cm³/mol. The fourth-order valence-corrected chi connectivity index (χ4v) is 14.9. The first kappa shape index (κ1) is 28.4. The first-order valence-corrected chi connectivity index (χ1v) is 18.5. The zero-order valence-electron chi connectivity index (χ0n) is 25.8. The second-order valence-electron chi connectivity index (χ2n) is 14.7. The van der Waals surface area contributed by atoms with E-state index in [0.29, 0.717) is 3.63 Å². The Morgan fingerprint density at radius 1 is 0.667 bits per heavy atom. The van der Waals surface area contributed by atoms with Gasteiger partial charge in [-0.25, -0.2) is 0 Å². The van der Waals surface area contributed by atoms with E-state index >= 15 is 0 Å². The Morgan fingerprint density at radius 2 is 1.18 bits per heavy atom. The summed E-state index contributed by atoms with van der Waals surface area (Å²) in [6.45, 7) is 23.6. The molecule has 0 bridgehead atoms. The minimum atomic E-state index is -2.44. The van der Waals surface area contributed by atoms with Gasteiger partial charge in [0, 0.05) is 0 Å². The van der Waals surface area contributed by atoms with Crippen molar-refractivity contribution in [3.05, 3.63) is 116 Å². The van der Waals surface area contributed by atoms with Crippen LogP contribution in [0.5, 0.6) is 0 Å². The van der Waals surface area contributed by atoms with Crippen LogP contribution in [0.2, 0.25) is 0 Å². The van der Waals surface area contributed by atoms with Gasteiger partial charge in [0.15, 0.2) is 0 Å². The standard InChI is InChI=1S/C21H25.C9H13.C8H8.Zr/c1-20(2,3)16-9-7-14-11-15-8-10-17(21(4,5)6)13-19(15)18(14)12-16;1-9(2,3)8-6-4-5-7-8;1-2-8-6-4-3-5-7-8;/h7-13H,1-6H3;6-7H,4H2,1-3H3;3-7H,1H3;. The molecule has 0 aliphatic heterocycles. The predicted octanol–water partition coefficient (Wildman–Crippen LogP) is 10.5. The molecule has 3 aromatic carbocycles. The second kappa shape index (κ2) is 10.1. The van der Waals surface area contributed by atoms with E-state index in [1.165, 1.54) is 33.4 Å². The monoisotopic (exact) mass is 592 g/mol. The van der Waals surface area contributed by atoms with Crippen LogP contribution in [0.4, 0.5) is 0 Å². The van der Waals surface area contributed by atoms with E-state index < -0.39 is 21.3 Å². The maximum atomic E-state index is 2.62. The molecular formula is C38H46Zr. The molecule has 1 heteroatoms. The van der Waals surface area contributed by atoms with Gasteiger partial charge in [0.2, 0.25) is 0 Å². The number of hydrogen-bond donors (Lipinski definition) is 0. The van der Waals surface area contributed by atoms with Crippen molar-refractivity contribution in [3.8, 4) is 11.1 Å². The summed E-state index contributed by atoms with van der Waals surface area (Å²) in [6.07, 6.45) is 6.26. The van der Waals surface area contributed by atoms with Crippen LogP contribution >= 0.6 is 0 Å². The van der Waals surface area contributed by atoms with Crippen molar-refractivity contribution in [2.75, 3.05) is 0 Å². The maximum absolute atomic E-state index is 2.62. The summed E-state index contributed by atoms with van der Waals surface area (Å²) < 4.78 is 3.91. The average molecular weight is 594 g/mol. The van der Waals surface area contributed by atoms with Crippen molar-refractivity contribution in [3.63, 3.8) is 0 Å². The summed E-state index contributed by atoms with van der Waals surface area (Å²) in [4.78, 5) is 0. The van der Waals surface area contributed by atoms with Crippen LogP contribution in [0.25, 0.3) is 11.1 Å². The summed E-state index contributed by atoms with van der Waals surface area (Å²) in [5.41, 5.74) is 12.4. The number of allylic oxidation sites excluding steroid dienone is 4. The molecule has 0 saturated carbocycles. The van der Waals surface area contributed by atoms with Gasteiger partial charge < -0.3 is 0 Å². The van der Waals surface area contributed by atoms with Crippen molar-refractivity contribution in [2.24, 2.45) is 5.41 Å². The van der Waals surface area contributed by atoms with E-state index in [-0.39, 0.29) is 16.2 Å². The normalized spacial score (nSPS) is 16.5. The van der Waals surface area contributed by atoms with Gasteiger partial charge in [0.25, 0.3) is 0 Å². The van der Waals surface area contributed by atoms with E-state index in [0.717, 1.165) is 6.42 Å². The van der Waals surface area contributed by atoms with Gasteiger partial charge in [0.05, 0.1) is 0 Å². The van der Waals surface area contributed by atoms with Gasteiger partial charge in [0.1, 0.15) is 0 Å². The zero-order valence-corrected chi connectivity index (χ0v) is 28.2. The molecule has 2 aliphatic carbocycles. The second-order valence-corrected chi connectivity index (χ2v) is 21.6. The van der Waals surface area contributed by atoms with E-state index in [1.807, 2.05) is 0 Å². The van der Waals surface area contributed by atoms with Crippen molar-refractivity contribution >= 4 is 3.21 Å². The van der Waals surface area contributed by atoms with E-state index in [1.54, 1.807) is 17.6 Å². The molecule has 0 atom stereocenters. The topological polar surface area (TPSA) is 0 Å². The van der Waals surface area contributed by atoms with Crippen LogP contribution in [0.15, 0.2) is 87.7 Å². The number of hydrogen-bond acceptors (Lipinski definition) is 0. The molecule has 0 amide bonds. The van der Waals surface area contributed by atoms with Crippen LogP contribution < -0.4 is 0 Å². The first-order valence-electron chi connectivity index (χ1n) is 14.6. The molecule has 2 aliphatic rings. The Bertz CT molecular complexity index is 1440. The molecule has 0 aromatic heterocycles. The van der Waals surface area contributed by atoms with Crippen molar-refractivity contribution in [1.29, 1.82) is 0 Å². The molecule has 0 N–H and O–H groups in total. The van der Waals surface area contributed by atoms with Crippen LogP contribution in [-0.4, -0.2) is 3.21 Å². The Kier molecular flexibility index (Phi) is 7.34. The number of fused-ring (bicyclic) bond motifs is 3. The molecule has 0 spiro atoms. The van der Waals surface area contributed by atoms with Crippen LogP contribution in [0, 0.1) is 5.41 Å². The minimum absolute atomic E-state index is 0.127. The number of benzene rings is 3. The van der Waals surface area contributed by atoms with Gasteiger partial charge >= 0.3 is 247 Å².